The molecule has 3 aliphatic rings. The summed E-state index contributed by atoms with van der Waals surface area (Å²) in [6, 6.07) is -2.43. The van der Waals surface area contributed by atoms with Crippen LogP contribution in [0.4, 0.5) is 5.13 Å². The summed E-state index contributed by atoms with van der Waals surface area (Å²) in [6.45, 7) is 1.86. The quantitative estimate of drug-likeness (QED) is 0.0629. The van der Waals surface area contributed by atoms with Crippen LogP contribution in [0.15, 0.2) is 16.7 Å². The van der Waals surface area contributed by atoms with Gasteiger partial charge in [0.25, 0.3) is 11.8 Å². The van der Waals surface area contributed by atoms with Gasteiger partial charge in [0, 0.05) is 37.4 Å². The second-order valence-corrected chi connectivity index (χ2v) is 11.7. The third-order valence-electron chi connectivity index (χ3n) is 6.66. The van der Waals surface area contributed by atoms with Crippen LogP contribution in [0.3, 0.4) is 0 Å². The fourth-order valence-electron chi connectivity index (χ4n) is 4.29. The Morgan fingerprint density at radius 2 is 2.15 bits per heavy atom. The molecule has 0 spiro atoms. The van der Waals surface area contributed by atoms with Crippen molar-refractivity contribution < 1.29 is 37.3 Å². The Hall–Kier alpha value is -3.72. The number of thiazole rings is 1. The number of carbonyl (C=O) groups excluding carboxylic acids is 2. The number of hydrogen-bond acceptors (Lipinski definition) is 14. The van der Waals surface area contributed by atoms with Gasteiger partial charge in [0.05, 0.1) is 18.4 Å². The molecule has 2 saturated heterocycles. The number of amides is 2. The smallest absolute Gasteiger partial charge is 0.362 e. The maximum Gasteiger partial charge on any atom is 0.362 e. The minimum Gasteiger partial charge on any atom is -0.478 e. The van der Waals surface area contributed by atoms with Crippen LogP contribution in [0.5, 0.6) is 0 Å². The second-order valence-electron chi connectivity index (χ2n) is 9.49. The molecule has 4 heterocycles. The van der Waals surface area contributed by atoms with Gasteiger partial charge in [-0.3, -0.25) is 14.1 Å². The Bertz CT molecular complexity index is 1450. The van der Waals surface area contributed by atoms with Crippen LogP contribution < -0.4 is 21.7 Å². The van der Waals surface area contributed by atoms with Gasteiger partial charge in [-0.05, 0) is 13.0 Å². The number of carboxylic acid groups (broad SMARTS) is 1. The molecule has 18 nitrogen and oxygen atoms in total. The lowest BCUT2D eigenvalue weighted by atomic mass is 9.98. The number of β-lactam (4-membered cyclic amide) rings is 1. The maximum absolute atomic E-state index is 13.2. The van der Waals surface area contributed by atoms with Crippen LogP contribution in [0, 0.1) is 0 Å². The highest BCUT2D eigenvalue weighted by atomic mass is 32.2. The summed E-state index contributed by atoms with van der Waals surface area (Å²) in [4.78, 5) is 47.6. The van der Waals surface area contributed by atoms with E-state index < -0.39 is 51.5 Å². The summed E-state index contributed by atoms with van der Waals surface area (Å²) < 4.78 is 33.7. The normalized spacial score (nSPS) is 24.0. The molecule has 0 radical (unpaired) electrons. The van der Waals surface area contributed by atoms with Gasteiger partial charge < -0.3 is 31.6 Å². The van der Waals surface area contributed by atoms with E-state index >= 15 is 0 Å². The molecule has 7 N–H and O–H groups in total. The number of nitrogens with two attached hydrogens (primary N) is 1. The Morgan fingerprint density at radius 1 is 1.38 bits per heavy atom. The number of nitrogen functional groups attached to an aromatic ring is 1. The van der Waals surface area contributed by atoms with Gasteiger partial charge in [0.1, 0.15) is 17.8 Å². The van der Waals surface area contributed by atoms with Crippen LogP contribution in [-0.4, -0.2) is 103 Å². The fraction of sp³-hybridized carbons (Fsp3) is 0.550. The molecule has 2 amide bonds. The van der Waals surface area contributed by atoms with E-state index in [-0.39, 0.29) is 40.6 Å². The minimum absolute atomic E-state index is 0.0421. The maximum atomic E-state index is 13.2. The van der Waals surface area contributed by atoms with Gasteiger partial charge in [-0.2, -0.15) is 23.4 Å². The number of rotatable bonds is 12. The number of anilines is 1. The SMILES string of the molecule is Nc1nc(C(=NOC2(C(=O)O)CC2)C(=O)N[C@@H]2C(=O)N(S(=O)(=O)O)[C@@H]2Cn2ncc(CN[C@H]3CCNC3)n2)cs1. The van der Waals surface area contributed by atoms with Crippen molar-refractivity contribution in [1.29, 1.82) is 0 Å². The monoisotopic (exact) mass is 598 g/mol. The number of nitrogens with zero attached hydrogens (tertiary/aromatic N) is 6. The molecule has 3 fully saturated rings. The molecule has 0 bridgehead atoms. The minimum atomic E-state index is -4.97. The molecule has 2 aromatic rings. The van der Waals surface area contributed by atoms with E-state index in [1.54, 1.807) is 0 Å². The van der Waals surface area contributed by atoms with Gasteiger partial charge >= 0.3 is 16.3 Å². The topological polar surface area (TPSA) is 256 Å². The van der Waals surface area contributed by atoms with Crippen molar-refractivity contribution in [2.75, 3.05) is 18.8 Å². The first kappa shape index (κ1) is 27.8. The Labute approximate surface area is 230 Å². The van der Waals surface area contributed by atoms with E-state index in [4.69, 9.17) is 10.6 Å². The Kier molecular flexibility index (Phi) is 7.44. The predicted octanol–water partition coefficient (Wildman–Crippen LogP) is -2.70. The molecule has 2 aliphatic heterocycles. The predicted molar refractivity (Wildman–Crippen MR) is 136 cm³/mol. The van der Waals surface area contributed by atoms with Crippen LogP contribution in [0.1, 0.15) is 30.7 Å². The zero-order valence-corrected chi connectivity index (χ0v) is 22.4. The average Bonchev–Trinajstić information content (AvgIpc) is 3.22. The lowest BCUT2D eigenvalue weighted by Crippen LogP contribution is -2.73. The number of aromatic nitrogens is 4. The summed E-state index contributed by atoms with van der Waals surface area (Å²) in [7, 11) is -4.97. The van der Waals surface area contributed by atoms with Crippen molar-refractivity contribution >= 4 is 50.3 Å². The summed E-state index contributed by atoms with van der Waals surface area (Å²) in [5, 5.41) is 31.8. The van der Waals surface area contributed by atoms with E-state index in [0.29, 0.717) is 12.2 Å². The van der Waals surface area contributed by atoms with Crippen molar-refractivity contribution in [2.24, 2.45) is 5.16 Å². The van der Waals surface area contributed by atoms with E-state index in [2.05, 4.69) is 36.3 Å². The highest BCUT2D eigenvalue weighted by Gasteiger charge is 2.56. The van der Waals surface area contributed by atoms with Gasteiger partial charge in [-0.15, -0.1) is 11.3 Å². The first-order chi connectivity index (χ1) is 19.0. The molecule has 2 aromatic heterocycles. The summed E-state index contributed by atoms with van der Waals surface area (Å²) in [5.74, 6) is -3.37. The summed E-state index contributed by atoms with van der Waals surface area (Å²) in [6.07, 6.45) is 2.80. The van der Waals surface area contributed by atoms with Gasteiger partial charge in [-0.1, -0.05) is 5.16 Å². The molecule has 5 rings (SSSR count). The molecule has 1 saturated carbocycles. The lowest BCUT2D eigenvalue weighted by molar-refractivity contribution is -0.153. The standard InChI is InChI=1S/C20H26N10O8S2/c21-19-25-12(9-39-19)14(28-38-20(2-3-20)18(33)34)16(31)26-15-13(30(17(15)32)40(35,36)37)8-29-24-7-11(27-29)6-23-10-1-4-22-5-10/h7,9-10,13,15,22-23H,1-6,8H2,(H2,21,25)(H,26,31)(H,33,34)(H,35,36,37)/t10-,13+,15-/m0/s1. The largest absolute Gasteiger partial charge is 0.478 e. The molecular weight excluding hydrogens is 572 g/mol. The van der Waals surface area contributed by atoms with Crippen molar-refractivity contribution in [3.63, 3.8) is 0 Å². The molecule has 0 unspecified atom stereocenters. The van der Waals surface area contributed by atoms with Gasteiger partial charge in [0.2, 0.25) is 5.60 Å². The highest BCUT2D eigenvalue weighted by molar-refractivity contribution is 7.84. The number of carboxylic acids is 1. The zero-order valence-electron chi connectivity index (χ0n) is 20.8. The van der Waals surface area contributed by atoms with Gasteiger partial charge in [0.15, 0.2) is 10.8 Å². The van der Waals surface area contributed by atoms with Crippen LogP contribution in [0.2, 0.25) is 0 Å². The van der Waals surface area contributed by atoms with E-state index in [1.165, 1.54) is 11.6 Å². The van der Waals surface area contributed by atoms with E-state index in [1.807, 2.05) is 0 Å². The zero-order chi connectivity index (χ0) is 28.7. The molecule has 3 atom stereocenters. The molecule has 0 aromatic carbocycles. The van der Waals surface area contributed by atoms with Crippen molar-refractivity contribution in [3.05, 3.63) is 23.0 Å². The van der Waals surface area contributed by atoms with Crippen LogP contribution >= 0.6 is 11.3 Å². The first-order valence-corrected chi connectivity index (χ1v) is 14.4. The third kappa shape index (κ3) is 5.75. The van der Waals surface area contributed by atoms with Crippen LogP contribution in [-0.2, 0) is 42.6 Å². The van der Waals surface area contributed by atoms with Crippen molar-refractivity contribution in [2.45, 2.75) is 56.1 Å². The van der Waals surface area contributed by atoms with Crippen molar-refractivity contribution in [3.8, 4) is 0 Å². The summed E-state index contributed by atoms with van der Waals surface area (Å²) >= 11 is 0.983. The van der Waals surface area contributed by atoms with E-state index in [9.17, 15) is 32.5 Å². The van der Waals surface area contributed by atoms with Crippen molar-refractivity contribution in [1.82, 2.24) is 40.2 Å². The highest BCUT2D eigenvalue weighted by Crippen LogP contribution is 2.40. The molecular formula is C20H26N10O8S2. The number of carbonyl (C=O) groups is 3. The second kappa shape index (κ2) is 10.7. The molecule has 40 heavy (non-hydrogen) atoms. The first-order valence-electron chi connectivity index (χ1n) is 12.1. The number of oxime groups is 1. The van der Waals surface area contributed by atoms with E-state index in [0.717, 1.165) is 35.6 Å². The molecule has 20 heteroatoms. The Balaban J connectivity index is 1.32. The number of nitrogens with one attached hydrogen (secondary N) is 3. The summed E-state index contributed by atoms with van der Waals surface area (Å²) in [5.41, 5.74) is 4.14. The number of aliphatic carboxylic acids is 1. The molecule has 216 valence electrons. The average molecular weight is 599 g/mol. The van der Waals surface area contributed by atoms with Gasteiger partial charge in [-0.25, -0.2) is 14.1 Å². The third-order valence-corrected chi connectivity index (χ3v) is 8.28. The molecule has 1 aliphatic carbocycles. The number of hydrogen-bond donors (Lipinski definition) is 6. The Morgan fingerprint density at radius 3 is 2.75 bits per heavy atom. The fourth-order valence-corrected chi connectivity index (χ4v) is 5.71. The van der Waals surface area contributed by atoms with Crippen LogP contribution in [0.25, 0.3) is 0 Å². The lowest BCUT2D eigenvalue weighted by Gasteiger charge is -2.43.